The lowest BCUT2D eigenvalue weighted by atomic mass is 9.86. The van der Waals surface area contributed by atoms with E-state index in [-0.39, 0.29) is 5.91 Å². The first-order valence-electron chi connectivity index (χ1n) is 9.22. The van der Waals surface area contributed by atoms with E-state index < -0.39 is 0 Å². The number of ether oxygens (including phenoxy) is 1. The topological polar surface area (TPSA) is 51.2 Å². The maximum Gasteiger partial charge on any atom is 0.244 e. The van der Waals surface area contributed by atoms with Crippen molar-refractivity contribution in [2.75, 3.05) is 0 Å². The Morgan fingerprint density at radius 1 is 1.38 bits per heavy atom. The third-order valence-electron chi connectivity index (χ3n) is 4.78. The highest BCUT2D eigenvalue weighted by atomic mass is 32.1. The van der Waals surface area contributed by atoms with Crippen molar-refractivity contribution in [1.82, 2.24) is 10.3 Å². The largest absolute Gasteiger partial charge is 0.487 e. The molecule has 4 nitrogen and oxygen atoms in total. The van der Waals surface area contributed by atoms with Crippen molar-refractivity contribution in [1.29, 1.82) is 0 Å². The van der Waals surface area contributed by atoms with Crippen molar-refractivity contribution in [3.8, 4) is 5.75 Å². The Kier molecular flexibility index (Phi) is 6.45. The molecule has 1 aromatic heterocycles. The van der Waals surface area contributed by atoms with E-state index in [0.717, 1.165) is 28.4 Å². The number of hydrogen-bond donors (Lipinski definition) is 1. The third kappa shape index (κ3) is 5.43. The van der Waals surface area contributed by atoms with Gasteiger partial charge >= 0.3 is 0 Å². The standard InChI is InChI=1S/C21H26N2O2S/c1-15-6-3-4-9-20(15)23-21(24)11-10-17-7-5-8-19(12-17)25-13-18-14-26-16(2)22-18/h5,7-8,10-12,14-15,20H,3-4,6,9,13H2,1-2H3,(H,23,24)/b11-10+. The Balaban J connectivity index is 1.53. The predicted molar refractivity (Wildman–Crippen MR) is 106 cm³/mol. The van der Waals surface area contributed by atoms with Crippen molar-refractivity contribution in [2.45, 2.75) is 52.2 Å². The number of thiazole rings is 1. The van der Waals surface area contributed by atoms with Crippen LogP contribution in [-0.4, -0.2) is 16.9 Å². The van der Waals surface area contributed by atoms with Gasteiger partial charge in [0.05, 0.1) is 10.7 Å². The fourth-order valence-electron chi connectivity index (χ4n) is 3.27. The maximum absolute atomic E-state index is 12.2. The fourth-order valence-corrected chi connectivity index (χ4v) is 3.87. The number of rotatable bonds is 6. The summed E-state index contributed by atoms with van der Waals surface area (Å²) in [5.41, 5.74) is 1.89. The van der Waals surface area contributed by atoms with Gasteiger partial charge in [-0.1, -0.05) is 31.9 Å². The van der Waals surface area contributed by atoms with Gasteiger partial charge in [0, 0.05) is 17.5 Å². The molecular formula is C21H26N2O2S. The zero-order valence-electron chi connectivity index (χ0n) is 15.4. The second-order valence-corrected chi connectivity index (χ2v) is 7.99. The molecule has 1 fully saturated rings. The van der Waals surface area contributed by atoms with Gasteiger partial charge in [0.15, 0.2) is 0 Å². The zero-order chi connectivity index (χ0) is 18.4. The average molecular weight is 371 g/mol. The SMILES string of the molecule is Cc1nc(COc2cccc(/C=C/C(=O)NC3CCCCC3C)c2)cs1. The van der Waals surface area contributed by atoms with E-state index in [4.69, 9.17) is 4.74 Å². The van der Waals surface area contributed by atoms with E-state index in [9.17, 15) is 4.79 Å². The van der Waals surface area contributed by atoms with Crippen LogP contribution in [0.2, 0.25) is 0 Å². The van der Waals surface area contributed by atoms with Crippen LogP contribution in [0.15, 0.2) is 35.7 Å². The minimum atomic E-state index is -0.0204. The van der Waals surface area contributed by atoms with Crippen molar-refractivity contribution >= 4 is 23.3 Å². The average Bonchev–Trinajstić information content (AvgIpc) is 3.06. The summed E-state index contributed by atoms with van der Waals surface area (Å²) in [6, 6.07) is 8.05. The Labute approximate surface area is 159 Å². The number of benzene rings is 1. The summed E-state index contributed by atoms with van der Waals surface area (Å²) >= 11 is 1.62. The van der Waals surface area contributed by atoms with E-state index >= 15 is 0 Å². The van der Waals surface area contributed by atoms with Crippen LogP contribution in [0.5, 0.6) is 5.75 Å². The molecule has 5 heteroatoms. The van der Waals surface area contributed by atoms with Crippen LogP contribution in [0.25, 0.3) is 6.08 Å². The summed E-state index contributed by atoms with van der Waals surface area (Å²) in [6.07, 6.45) is 8.22. The predicted octanol–water partition coefficient (Wildman–Crippen LogP) is 4.74. The Morgan fingerprint density at radius 2 is 2.23 bits per heavy atom. The zero-order valence-corrected chi connectivity index (χ0v) is 16.2. The van der Waals surface area contributed by atoms with Gasteiger partial charge in [0.2, 0.25) is 5.91 Å². The molecule has 1 N–H and O–H groups in total. The lowest BCUT2D eigenvalue weighted by molar-refractivity contribution is -0.117. The van der Waals surface area contributed by atoms with E-state index in [1.165, 1.54) is 19.3 Å². The van der Waals surface area contributed by atoms with Crippen molar-refractivity contribution in [2.24, 2.45) is 5.92 Å². The molecule has 26 heavy (non-hydrogen) atoms. The van der Waals surface area contributed by atoms with Gasteiger partial charge in [-0.2, -0.15) is 0 Å². The van der Waals surface area contributed by atoms with Gasteiger partial charge < -0.3 is 10.1 Å². The summed E-state index contributed by atoms with van der Waals surface area (Å²) in [5, 5.41) is 6.19. The lowest BCUT2D eigenvalue weighted by Gasteiger charge is -2.29. The number of hydrogen-bond acceptors (Lipinski definition) is 4. The molecule has 1 saturated carbocycles. The molecule has 0 aliphatic heterocycles. The van der Waals surface area contributed by atoms with Gasteiger partial charge in [0.1, 0.15) is 12.4 Å². The van der Waals surface area contributed by atoms with E-state index in [0.29, 0.717) is 18.6 Å². The van der Waals surface area contributed by atoms with Gasteiger partial charge in [-0.3, -0.25) is 4.79 Å². The third-order valence-corrected chi connectivity index (χ3v) is 5.60. The Morgan fingerprint density at radius 3 is 3.00 bits per heavy atom. The number of aryl methyl sites for hydroxylation is 1. The van der Waals surface area contributed by atoms with Crippen LogP contribution in [-0.2, 0) is 11.4 Å². The highest BCUT2D eigenvalue weighted by molar-refractivity contribution is 7.09. The molecule has 2 unspecified atom stereocenters. The molecule has 1 heterocycles. The first-order valence-corrected chi connectivity index (χ1v) is 10.1. The quantitative estimate of drug-likeness (QED) is 0.747. The molecule has 1 aliphatic rings. The number of nitrogens with zero attached hydrogens (tertiary/aromatic N) is 1. The highest BCUT2D eigenvalue weighted by Crippen LogP contribution is 2.23. The smallest absolute Gasteiger partial charge is 0.244 e. The highest BCUT2D eigenvalue weighted by Gasteiger charge is 2.21. The van der Waals surface area contributed by atoms with Crippen LogP contribution >= 0.6 is 11.3 Å². The monoisotopic (exact) mass is 370 g/mol. The van der Waals surface area contributed by atoms with E-state index in [2.05, 4.69) is 17.2 Å². The molecule has 2 aromatic rings. The summed E-state index contributed by atoms with van der Waals surface area (Å²) < 4.78 is 5.80. The van der Waals surface area contributed by atoms with Crippen LogP contribution < -0.4 is 10.1 Å². The number of carbonyl (C=O) groups excluding carboxylic acids is 1. The molecule has 138 valence electrons. The summed E-state index contributed by atoms with van der Waals surface area (Å²) in [5.74, 6) is 1.32. The molecule has 0 saturated heterocycles. The van der Waals surface area contributed by atoms with Crippen molar-refractivity contribution < 1.29 is 9.53 Å². The molecule has 0 spiro atoms. The van der Waals surface area contributed by atoms with Crippen molar-refractivity contribution in [3.63, 3.8) is 0 Å². The Hall–Kier alpha value is -2.14. The Bertz CT molecular complexity index is 769. The molecule has 1 aromatic carbocycles. The maximum atomic E-state index is 12.2. The molecular weight excluding hydrogens is 344 g/mol. The second kappa shape index (κ2) is 8.99. The number of amides is 1. The van der Waals surface area contributed by atoms with E-state index in [1.807, 2.05) is 42.6 Å². The lowest BCUT2D eigenvalue weighted by Crippen LogP contribution is -2.40. The molecule has 0 bridgehead atoms. The first kappa shape index (κ1) is 18.6. The number of nitrogens with one attached hydrogen (secondary N) is 1. The summed E-state index contributed by atoms with van der Waals surface area (Å²) in [4.78, 5) is 16.6. The molecule has 0 radical (unpaired) electrons. The normalized spacial score (nSPS) is 20.2. The number of aromatic nitrogens is 1. The van der Waals surface area contributed by atoms with Gasteiger partial charge in [-0.05, 0) is 49.5 Å². The minimum absolute atomic E-state index is 0.0204. The molecule has 1 aliphatic carbocycles. The fraction of sp³-hybridized carbons (Fsp3) is 0.429. The van der Waals surface area contributed by atoms with Crippen LogP contribution in [0, 0.1) is 12.8 Å². The number of carbonyl (C=O) groups is 1. The summed E-state index contributed by atoms with van der Waals surface area (Å²) in [7, 11) is 0. The van der Waals surface area contributed by atoms with Gasteiger partial charge in [-0.15, -0.1) is 11.3 Å². The molecule has 1 amide bonds. The first-order chi connectivity index (χ1) is 12.6. The van der Waals surface area contributed by atoms with Crippen LogP contribution in [0.3, 0.4) is 0 Å². The second-order valence-electron chi connectivity index (χ2n) is 6.93. The van der Waals surface area contributed by atoms with Crippen LogP contribution in [0.4, 0.5) is 0 Å². The van der Waals surface area contributed by atoms with Crippen LogP contribution in [0.1, 0.15) is 48.9 Å². The van der Waals surface area contributed by atoms with Gasteiger partial charge in [-0.25, -0.2) is 4.98 Å². The van der Waals surface area contributed by atoms with Gasteiger partial charge in [0.25, 0.3) is 0 Å². The summed E-state index contributed by atoms with van der Waals surface area (Å²) in [6.45, 7) is 4.66. The molecule has 2 atom stereocenters. The minimum Gasteiger partial charge on any atom is -0.487 e. The van der Waals surface area contributed by atoms with Crippen molar-refractivity contribution in [3.05, 3.63) is 52.0 Å². The van der Waals surface area contributed by atoms with E-state index in [1.54, 1.807) is 17.4 Å². The molecule has 3 rings (SSSR count).